The van der Waals surface area contributed by atoms with Crippen LogP contribution in [0.4, 0.5) is 0 Å². The van der Waals surface area contributed by atoms with Crippen LogP contribution in [0.2, 0.25) is 0 Å². The van der Waals surface area contributed by atoms with Gasteiger partial charge in [0.15, 0.2) is 0 Å². The zero-order valence-corrected chi connectivity index (χ0v) is 13.9. The minimum absolute atomic E-state index is 0.00197. The van der Waals surface area contributed by atoms with Gasteiger partial charge in [-0.1, -0.05) is 19.3 Å². The SMILES string of the molecule is CC(C(=O)NC1(C#N)CCCCC1)N1CCc2sccc2C1. The molecule has 1 unspecified atom stereocenters. The summed E-state index contributed by atoms with van der Waals surface area (Å²) in [6.45, 7) is 3.72. The summed E-state index contributed by atoms with van der Waals surface area (Å²) in [5.74, 6) is 0.00197. The first kappa shape index (κ1) is 15.5. The van der Waals surface area contributed by atoms with E-state index in [1.54, 1.807) is 0 Å². The summed E-state index contributed by atoms with van der Waals surface area (Å²) in [4.78, 5) is 16.3. The number of nitrogens with zero attached hydrogens (tertiary/aromatic N) is 2. The zero-order chi connectivity index (χ0) is 15.6. The van der Waals surface area contributed by atoms with Gasteiger partial charge in [0.25, 0.3) is 0 Å². The van der Waals surface area contributed by atoms with Gasteiger partial charge in [-0.3, -0.25) is 9.69 Å². The van der Waals surface area contributed by atoms with Crippen molar-refractivity contribution in [3.05, 3.63) is 21.9 Å². The highest BCUT2D eigenvalue weighted by Gasteiger charge is 2.36. The van der Waals surface area contributed by atoms with E-state index in [4.69, 9.17) is 0 Å². The maximum Gasteiger partial charge on any atom is 0.238 e. The van der Waals surface area contributed by atoms with Gasteiger partial charge in [-0.2, -0.15) is 5.26 Å². The molecule has 1 N–H and O–H groups in total. The van der Waals surface area contributed by atoms with E-state index in [0.29, 0.717) is 0 Å². The minimum atomic E-state index is -0.632. The fraction of sp³-hybridized carbons (Fsp3) is 0.647. The third-order valence-corrected chi connectivity index (χ3v) is 6.07. The lowest BCUT2D eigenvalue weighted by Gasteiger charge is -2.36. The minimum Gasteiger partial charge on any atom is -0.336 e. The smallest absolute Gasteiger partial charge is 0.238 e. The van der Waals surface area contributed by atoms with Gasteiger partial charge in [-0.15, -0.1) is 11.3 Å². The van der Waals surface area contributed by atoms with Gasteiger partial charge in [0.05, 0.1) is 12.1 Å². The van der Waals surface area contributed by atoms with Crippen LogP contribution < -0.4 is 5.32 Å². The van der Waals surface area contributed by atoms with E-state index in [9.17, 15) is 10.1 Å². The zero-order valence-electron chi connectivity index (χ0n) is 13.1. The Morgan fingerprint density at radius 3 is 2.95 bits per heavy atom. The number of nitriles is 1. The molecule has 1 aromatic heterocycles. The molecular weight excluding hydrogens is 294 g/mol. The van der Waals surface area contributed by atoms with Crippen LogP contribution in [0.5, 0.6) is 0 Å². The largest absolute Gasteiger partial charge is 0.336 e. The number of hydrogen-bond acceptors (Lipinski definition) is 4. The molecule has 1 atom stereocenters. The summed E-state index contributed by atoms with van der Waals surface area (Å²) < 4.78 is 0. The second-order valence-electron chi connectivity index (χ2n) is 6.51. The predicted molar refractivity (Wildman–Crippen MR) is 87.5 cm³/mol. The molecule has 4 nitrogen and oxygen atoms in total. The van der Waals surface area contributed by atoms with E-state index < -0.39 is 5.54 Å². The fourth-order valence-corrected chi connectivity index (χ4v) is 4.42. The average Bonchev–Trinajstić information content (AvgIpc) is 3.02. The van der Waals surface area contributed by atoms with Crippen molar-refractivity contribution in [1.82, 2.24) is 10.2 Å². The van der Waals surface area contributed by atoms with Gasteiger partial charge < -0.3 is 5.32 Å². The van der Waals surface area contributed by atoms with Crippen LogP contribution in [0.1, 0.15) is 49.5 Å². The van der Waals surface area contributed by atoms with Crippen LogP contribution in [-0.4, -0.2) is 28.9 Å². The summed E-state index contributed by atoms with van der Waals surface area (Å²) in [5, 5.41) is 14.7. The highest BCUT2D eigenvalue weighted by Crippen LogP contribution is 2.29. The molecule has 1 amide bonds. The molecule has 118 valence electrons. The van der Waals surface area contributed by atoms with E-state index in [-0.39, 0.29) is 11.9 Å². The van der Waals surface area contributed by atoms with Crippen molar-refractivity contribution in [2.24, 2.45) is 0 Å². The molecule has 1 aromatic rings. The Balaban J connectivity index is 1.64. The van der Waals surface area contributed by atoms with E-state index in [1.165, 1.54) is 16.9 Å². The molecule has 2 heterocycles. The summed E-state index contributed by atoms with van der Waals surface area (Å²) in [5.41, 5.74) is 0.718. The second kappa shape index (κ2) is 6.39. The van der Waals surface area contributed by atoms with E-state index in [2.05, 4.69) is 27.7 Å². The molecule has 1 aliphatic heterocycles. The third kappa shape index (κ3) is 3.04. The van der Waals surface area contributed by atoms with Crippen molar-refractivity contribution >= 4 is 17.2 Å². The van der Waals surface area contributed by atoms with Gasteiger partial charge in [0.1, 0.15) is 5.54 Å². The number of nitrogens with one attached hydrogen (secondary N) is 1. The number of thiophene rings is 1. The van der Waals surface area contributed by atoms with Crippen molar-refractivity contribution in [2.75, 3.05) is 6.54 Å². The summed E-state index contributed by atoms with van der Waals surface area (Å²) in [7, 11) is 0. The average molecular weight is 317 g/mol. The number of carbonyl (C=O) groups is 1. The number of rotatable bonds is 3. The molecule has 0 saturated heterocycles. The Bertz CT molecular complexity index is 583. The quantitative estimate of drug-likeness (QED) is 0.932. The highest BCUT2D eigenvalue weighted by atomic mass is 32.1. The molecule has 3 rings (SSSR count). The third-order valence-electron chi connectivity index (χ3n) is 5.05. The molecule has 2 aliphatic rings. The molecular formula is C17H23N3OS. The topological polar surface area (TPSA) is 56.1 Å². The van der Waals surface area contributed by atoms with Crippen molar-refractivity contribution in [3.8, 4) is 6.07 Å². The second-order valence-corrected chi connectivity index (χ2v) is 7.51. The highest BCUT2D eigenvalue weighted by molar-refractivity contribution is 7.10. The predicted octanol–water partition coefficient (Wildman–Crippen LogP) is 2.84. The lowest BCUT2D eigenvalue weighted by molar-refractivity contribution is -0.128. The Labute approximate surface area is 136 Å². The normalized spacial score (nSPS) is 22.4. The van der Waals surface area contributed by atoms with Gasteiger partial charge in [-0.05, 0) is 43.2 Å². The lowest BCUT2D eigenvalue weighted by Crippen LogP contribution is -2.55. The first-order valence-electron chi connectivity index (χ1n) is 8.16. The summed E-state index contributed by atoms with van der Waals surface area (Å²) in [6, 6.07) is 4.35. The Kier molecular flexibility index (Phi) is 4.51. The van der Waals surface area contributed by atoms with Crippen molar-refractivity contribution in [1.29, 1.82) is 5.26 Å². The van der Waals surface area contributed by atoms with Crippen LogP contribution in [0.3, 0.4) is 0 Å². The number of amides is 1. The van der Waals surface area contributed by atoms with E-state index in [0.717, 1.165) is 45.2 Å². The number of hydrogen-bond donors (Lipinski definition) is 1. The van der Waals surface area contributed by atoms with Crippen LogP contribution >= 0.6 is 11.3 Å². The first-order chi connectivity index (χ1) is 10.6. The molecule has 1 fully saturated rings. The molecule has 1 saturated carbocycles. The maximum atomic E-state index is 12.6. The van der Waals surface area contributed by atoms with Gasteiger partial charge in [0, 0.05) is 18.0 Å². The number of fused-ring (bicyclic) bond motifs is 1. The molecule has 0 bridgehead atoms. The molecule has 1 aliphatic carbocycles. The lowest BCUT2D eigenvalue weighted by atomic mass is 9.82. The molecule has 0 radical (unpaired) electrons. The van der Waals surface area contributed by atoms with Crippen molar-refractivity contribution < 1.29 is 4.79 Å². The molecule has 0 aromatic carbocycles. The van der Waals surface area contributed by atoms with Crippen LogP contribution in [-0.2, 0) is 17.8 Å². The van der Waals surface area contributed by atoms with Gasteiger partial charge in [-0.25, -0.2) is 0 Å². The molecule has 5 heteroatoms. The van der Waals surface area contributed by atoms with Crippen LogP contribution in [0.25, 0.3) is 0 Å². The van der Waals surface area contributed by atoms with Crippen LogP contribution in [0.15, 0.2) is 11.4 Å². The maximum absolute atomic E-state index is 12.6. The molecule has 22 heavy (non-hydrogen) atoms. The number of carbonyl (C=O) groups excluding carboxylic acids is 1. The van der Waals surface area contributed by atoms with Crippen molar-refractivity contribution in [2.45, 2.75) is 63.6 Å². The Hall–Kier alpha value is -1.38. The van der Waals surface area contributed by atoms with Crippen molar-refractivity contribution in [3.63, 3.8) is 0 Å². The Morgan fingerprint density at radius 2 is 2.23 bits per heavy atom. The van der Waals surface area contributed by atoms with E-state index in [1.807, 2.05) is 18.3 Å². The summed E-state index contributed by atoms with van der Waals surface area (Å²) >= 11 is 1.81. The standard InChI is InChI=1S/C17H23N3OS/c1-13(20-9-5-15-14(11-20)6-10-22-15)16(21)19-17(12-18)7-3-2-4-8-17/h6,10,13H,2-5,7-9,11H2,1H3,(H,19,21). The fourth-order valence-electron chi connectivity index (χ4n) is 3.53. The van der Waals surface area contributed by atoms with E-state index >= 15 is 0 Å². The Morgan fingerprint density at radius 1 is 1.45 bits per heavy atom. The summed E-state index contributed by atoms with van der Waals surface area (Å²) in [6.07, 6.45) is 5.83. The van der Waals surface area contributed by atoms with Gasteiger partial charge in [0.2, 0.25) is 5.91 Å². The van der Waals surface area contributed by atoms with Gasteiger partial charge >= 0.3 is 0 Å². The first-order valence-corrected chi connectivity index (χ1v) is 9.04. The monoisotopic (exact) mass is 317 g/mol. The van der Waals surface area contributed by atoms with Crippen LogP contribution in [0, 0.1) is 11.3 Å². The molecule has 0 spiro atoms.